The van der Waals surface area contributed by atoms with Gasteiger partial charge in [-0.1, -0.05) is 141 Å². The van der Waals surface area contributed by atoms with Crippen LogP contribution < -0.4 is 0 Å². The lowest BCUT2D eigenvalue weighted by Crippen LogP contribution is -2.14. The summed E-state index contributed by atoms with van der Waals surface area (Å²) in [5, 5.41) is 2.37. The minimum absolute atomic E-state index is 0.105. The topological polar surface area (TPSA) is 43.6 Å². The van der Waals surface area contributed by atoms with Crippen molar-refractivity contribution in [2.75, 3.05) is 0 Å². The maximum Gasteiger partial charge on any atom is 0.238 e. The van der Waals surface area contributed by atoms with Crippen LogP contribution in [0.2, 0.25) is 0 Å². The second-order valence-corrected chi connectivity index (χ2v) is 12.5. The molecule has 0 spiro atoms. The standard InChI is InChI=1S/C42H30N4/c1-42(2)35-21-13-12-20-31(35)33-26-38-34(25-36(33)42)32-23-22-30(27-14-6-3-7-15-27)24-37(32)46(38)41-44-39(28-16-8-4-9-17-28)43-40(45-41)29-18-10-5-11-19-29/h3-26H,1-2H3. The van der Waals surface area contributed by atoms with Crippen LogP contribution in [0.25, 0.3) is 72.8 Å². The van der Waals surface area contributed by atoms with E-state index < -0.39 is 0 Å². The molecule has 0 radical (unpaired) electrons. The summed E-state index contributed by atoms with van der Waals surface area (Å²) in [6.07, 6.45) is 0. The van der Waals surface area contributed by atoms with E-state index in [1.54, 1.807) is 0 Å². The molecule has 1 aliphatic carbocycles. The molecule has 0 bridgehead atoms. The van der Waals surface area contributed by atoms with E-state index in [0.717, 1.165) is 27.7 Å². The third-order valence-corrected chi connectivity index (χ3v) is 9.46. The Hall–Kier alpha value is -5.87. The van der Waals surface area contributed by atoms with Crippen LogP contribution in [0.3, 0.4) is 0 Å². The zero-order valence-corrected chi connectivity index (χ0v) is 25.6. The summed E-state index contributed by atoms with van der Waals surface area (Å²) in [5.74, 6) is 1.89. The van der Waals surface area contributed by atoms with E-state index in [-0.39, 0.29) is 5.41 Å². The zero-order valence-electron chi connectivity index (χ0n) is 25.6. The van der Waals surface area contributed by atoms with E-state index in [2.05, 4.69) is 128 Å². The molecule has 0 fully saturated rings. The third kappa shape index (κ3) is 4.04. The molecule has 46 heavy (non-hydrogen) atoms. The van der Waals surface area contributed by atoms with Gasteiger partial charge in [-0.05, 0) is 51.6 Å². The van der Waals surface area contributed by atoms with Gasteiger partial charge in [-0.25, -0.2) is 4.98 Å². The molecule has 0 atom stereocenters. The Bertz CT molecular complexity index is 2370. The van der Waals surface area contributed by atoms with E-state index >= 15 is 0 Å². The average Bonchev–Trinajstić information content (AvgIpc) is 3.56. The first-order valence-electron chi connectivity index (χ1n) is 15.7. The van der Waals surface area contributed by atoms with Gasteiger partial charge >= 0.3 is 0 Å². The van der Waals surface area contributed by atoms with Gasteiger partial charge in [0.15, 0.2) is 11.6 Å². The lowest BCUT2D eigenvalue weighted by molar-refractivity contribution is 0.661. The van der Waals surface area contributed by atoms with Gasteiger partial charge in [-0.2, -0.15) is 9.97 Å². The summed E-state index contributed by atoms with van der Waals surface area (Å²) in [6, 6.07) is 51.2. The van der Waals surface area contributed by atoms with Gasteiger partial charge in [0.25, 0.3) is 0 Å². The predicted molar refractivity (Wildman–Crippen MR) is 188 cm³/mol. The molecule has 218 valence electrons. The van der Waals surface area contributed by atoms with Gasteiger partial charge in [-0.3, -0.25) is 4.57 Å². The SMILES string of the molecule is CC1(C)c2ccccc2-c2cc3c(cc21)c1ccc(-c2ccccc2)cc1n3-c1nc(-c2ccccc2)nc(-c2ccccc2)n1. The van der Waals surface area contributed by atoms with Gasteiger partial charge in [0.2, 0.25) is 5.95 Å². The Morgan fingerprint density at radius 2 is 1.00 bits per heavy atom. The van der Waals surface area contributed by atoms with E-state index in [9.17, 15) is 0 Å². The summed E-state index contributed by atoms with van der Waals surface area (Å²) >= 11 is 0. The van der Waals surface area contributed by atoms with Crippen LogP contribution in [-0.2, 0) is 5.41 Å². The molecule has 6 aromatic carbocycles. The normalized spacial score (nSPS) is 13.2. The number of aromatic nitrogens is 4. The van der Waals surface area contributed by atoms with Crippen molar-refractivity contribution in [3.8, 4) is 51.0 Å². The minimum Gasteiger partial charge on any atom is -0.278 e. The molecule has 0 N–H and O–H groups in total. The number of fused-ring (bicyclic) bond motifs is 6. The first-order valence-corrected chi connectivity index (χ1v) is 15.7. The van der Waals surface area contributed by atoms with Crippen LogP contribution >= 0.6 is 0 Å². The molecule has 2 aromatic heterocycles. The summed E-state index contributed by atoms with van der Waals surface area (Å²) in [6.45, 7) is 4.67. The lowest BCUT2D eigenvalue weighted by Gasteiger charge is -2.21. The monoisotopic (exact) mass is 590 g/mol. The highest BCUT2D eigenvalue weighted by Gasteiger charge is 2.36. The van der Waals surface area contributed by atoms with Crippen molar-refractivity contribution in [1.29, 1.82) is 0 Å². The van der Waals surface area contributed by atoms with Gasteiger partial charge in [0, 0.05) is 27.3 Å². The van der Waals surface area contributed by atoms with Crippen LogP contribution in [0.4, 0.5) is 0 Å². The molecule has 0 unspecified atom stereocenters. The van der Waals surface area contributed by atoms with Crippen LogP contribution in [0.5, 0.6) is 0 Å². The Morgan fingerprint density at radius 3 is 1.65 bits per heavy atom. The van der Waals surface area contributed by atoms with E-state index in [1.165, 1.54) is 38.6 Å². The fourth-order valence-electron chi connectivity index (χ4n) is 7.13. The molecule has 0 amide bonds. The van der Waals surface area contributed by atoms with Crippen molar-refractivity contribution in [2.24, 2.45) is 0 Å². The van der Waals surface area contributed by atoms with Crippen molar-refractivity contribution in [3.05, 3.63) is 157 Å². The molecule has 4 heteroatoms. The van der Waals surface area contributed by atoms with Gasteiger partial charge in [-0.15, -0.1) is 0 Å². The summed E-state index contributed by atoms with van der Waals surface area (Å²) in [7, 11) is 0. The van der Waals surface area contributed by atoms with E-state index in [0.29, 0.717) is 17.6 Å². The molecule has 0 aliphatic heterocycles. The number of nitrogens with zero attached hydrogens (tertiary/aromatic N) is 4. The Morgan fingerprint density at radius 1 is 0.435 bits per heavy atom. The summed E-state index contributed by atoms with van der Waals surface area (Å²) in [4.78, 5) is 15.3. The largest absolute Gasteiger partial charge is 0.278 e. The van der Waals surface area contributed by atoms with Crippen molar-refractivity contribution >= 4 is 21.8 Å². The zero-order chi connectivity index (χ0) is 30.8. The molecule has 2 heterocycles. The molecular formula is C42H30N4. The van der Waals surface area contributed by atoms with Crippen LogP contribution in [0, 0.1) is 0 Å². The highest BCUT2D eigenvalue weighted by molar-refractivity contribution is 6.12. The van der Waals surface area contributed by atoms with Gasteiger partial charge in [0.1, 0.15) is 0 Å². The van der Waals surface area contributed by atoms with Gasteiger partial charge in [0.05, 0.1) is 11.0 Å². The first kappa shape index (κ1) is 26.5. The Kier molecular flexibility index (Phi) is 5.81. The predicted octanol–water partition coefficient (Wildman–Crippen LogP) is 10.3. The van der Waals surface area contributed by atoms with Crippen LogP contribution in [0.15, 0.2) is 146 Å². The first-order chi connectivity index (χ1) is 22.6. The third-order valence-electron chi connectivity index (χ3n) is 9.46. The maximum absolute atomic E-state index is 5.18. The van der Waals surface area contributed by atoms with E-state index in [1.807, 2.05) is 36.4 Å². The van der Waals surface area contributed by atoms with Crippen LogP contribution in [-0.4, -0.2) is 19.5 Å². The molecule has 8 aromatic rings. The average molecular weight is 591 g/mol. The lowest BCUT2D eigenvalue weighted by atomic mass is 9.82. The van der Waals surface area contributed by atoms with E-state index in [4.69, 9.17) is 15.0 Å². The van der Waals surface area contributed by atoms with Crippen LogP contribution in [0.1, 0.15) is 25.0 Å². The Labute approximate surface area is 267 Å². The minimum atomic E-state index is -0.105. The number of hydrogen-bond acceptors (Lipinski definition) is 3. The van der Waals surface area contributed by atoms with Crippen molar-refractivity contribution in [2.45, 2.75) is 19.3 Å². The molecule has 9 rings (SSSR count). The number of benzene rings is 6. The Balaban J connectivity index is 1.40. The summed E-state index contributed by atoms with van der Waals surface area (Å²) in [5.41, 5.74) is 11.5. The quantitative estimate of drug-likeness (QED) is 0.205. The maximum atomic E-state index is 5.18. The molecule has 1 aliphatic rings. The van der Waals surface area contributed by atoms with Crippen molar-refractivity contribution in [1.82, 2.24) is 19.5 Å². The highest BCUT2D eigenvalue weighted by Crippen LogP contribution is 2.51. The number of rotatable bonds is 4. The number of hydrogen-bond donors (Lipinski definition) is 0. The molecule has 0 saturated heterocycles. The molecule has 0 saturated carbocycles. The second kappa shape index (κ2) is 10.1. The smallest absolute Gasteiger partial charge is 0.238 e. The summed E-state index contributed by atoms with van der Waals surface area (Å²) < 4.78 is 2.24. The molecular weight excluding hydrogens is 560 g/mol. The van der Waals surface area contributed by atoms with Crippen molar-refractivity contribution < 1.29 is 0 Å². The molecule has 4 nitrogen and oxygen atoms in total. The fraction of sp³-hybridized carbons (Fsp3) is 0.0714. The second-order valence-electron chi connectivity index (χ2n) is 12.5. The fourth-order valence-corrected chi connectivity index (χ4v) is 7.13. The van der Waals surface area contributed by atoms with Crippen molar-refractivity contribution in [3.63, 3.8) is 0 Å². The highest BCUT2D eigenvalue weighted by atomic mass is 15.2. The van der Waals surface area contributed by atoms with Gasteiger partial charge < -0.3 is 0 Å².